The zero-order chi connectivity index (χ0) is 13.3. The molecule has 2 unspecified atom stereocenters. The number of halogens is 1. The van der Waals surface area contributed by atoms with Gasteiger partial charge in [-0.2, -0.15) is 5.10 Å². The molecule has 0 aromatic carbocycles. The smallest absolute Gasteiger partial charge is 0.155 e. The van der Waals surface area contributed by atoms with E-state index in [9.17, 15) is 4.79 Å². The zero-order valence-electron chi connectivity index (χ0n) is 10.9. The first-order valence-corrected chi connectivity index (χ1v) is 6.79. The largest absolute Gasteiger partial charge is 0.380 e. The van der Waals surface area contributed by atoms with Gasteiger partial charge in [-0.25, -0.2) is 0 Å². The molecule has 2 rings (SSSR count). The molecule has 5 nitrogen and oxygen atoms in total. The van der Waals surface area contributed by atoms with E-state index in [2.05, 4.69) is 26.3 Å². The summed E-state index contributed by atoms with van der Waals surface area (Å²) in [6.45, 7) is 2.67. The molecule has 0 saturated carbocycles. The van der Waals surface area contributed by atoms with E-state index >= 15 is 0 Å². The Morgan fingerprint density at radius 3 is 2.89 bits per heavy atom. The molecule has 0 spiro atoms. The summed E-state index contributed by atoms with van der Waals surface area (Å²) in [7, 11) is 3.54. The van der Waals surface area contributed by atoms with Gasteiger partial charge in [-0.3, -0.25) is 9.48 Å². The van der Waals surface area contributed by atoms with E-state index in [1.54, 1.807) is 11.8 Å². The van der Waals surface area contributed by atoms with Crippen LogP contribution in [0.5, 0.6) is 0 Å². The summed E-state index contributed by atoms with van der Waals surface area (Å²) in [5, 5.41) is 7.50. The van der Waals surface area contributed by atoms with Crippen LogP contribution in [0, 0.1) is 6.92 Å². The number of Topliss-reactive ketones (excluding diaryl/α,β-unsaturated/α-hetero) is 1. The summed E-state index contributed by atoms with van der Waals surface area (Å²) in [5.74, 6) is 0.193. The van der Waals surface area contributed by atoms with Crippen molar-refractivity contribution in [2.45, 2.75) is 31.9 Å². The summed E-state index contributed by atoms with van der Waals surface area (Å²) in [5.41, 5.74) is 1.84. The van der Waals surface area contributed by atoms with Crippen molar-refractivity contribution in [3.63, 3.8) is 0 Å². The van der Waals surface area contributed by atoms with E-state index in [0.29, 0.717) is 6.42 Å². The second kappa shape index (κ2) is 5.50. The first-order chi connectivity index (χ1) is 8.52. The van der Waals surface area contributed by atoms with Crippen molar-refractivity contribution in [2.24, 2.45) is 7.05 Å². The van der Waals surface area contributed by atoms with Gasteiger partial charge in [0.05, 0.1) is 34.4 Å². The molecule has 18 heavy (non-hydrogen) atoms. The molecule has 1 saturated heterocycles. The first-order valence-electron chi connectivity index (χ1n) is 5.99. The number of hydrogen-bond acceptors (Lipinski definition) is 4. The van der Waals surface area contributed by atoms with Crippen LogP contribution in [-0.4, -0.2) is 41.4 Å². The number of aromatic nitrogens is 2. The molecule has 2 atom stereocenters. The van der Waals surface area contributed by atoms with Gasteiger partial charge in [0.25, 0.3) is 0 Å². The number of aryl methyl sites for hydroxylation is 2. The van der Waals surface area contributed by atoms with Gasteiger partial charge < -0.3 is 10.1 Å². The number of carbonyl (C=O) groups is 1. The van der Waals surface area contributed by atoms with Crippen LogP contribution in [0.25, 0.3) is 0 Å². The van der Waals surface area contributed by atoms with E-state index < -0.39 is 0 Å². The molecular weight excluding hydrogens is 298 g/mol. The van der Waals surface area contributed by atoms with Crippen LogP contribution in [0.3, 0.4) is 0 Å². The molecule has 1 aromatic rings. The summed E-state index contributed by atoms with van der Waals surface area (Å²) in [6, 6.07) is -0.0999. The molecule has 1 fully saturated rings. The predicted octanol–water partition coefficient (Wildman–Crippen LogP) is 0.980. The van der Waals surface area contributed by atoms with E-state index in [1.165, 1.54) is 0 Å². The summed E-state index contributed by atoms with van der Waals surface area (Å²) in [6.07, 6.45) is 1.30. The lowest BCUT2D eigenvalue weighted by Gasteiger charge is -2.09. The lowest BCUT2D eigenvalue weighted by Crippen LogP contribution is -2.32. The molecule has 1 aliphatic rings. The number of methoxy groups -OCH3 is 1. The Kier molecular flexibility index (Phi) is 4.19. The molecular formula is C12H18BrN3O2. The Morgan fingerprint density at radius 1 is 1.67 bits per heavy atom. The van der Waals surface area contributed by atoms with Gasteiger partial charge in [0.1, 0.15) is 0 Å². The summed E-state index contributed by atoms with van der Waals surface area (Å²) in [4.78, 5) is 12.2. The number of rotatable bonds is 4. The molecule has 2 heterocycles. The number of hydrogen-bond donors (Lipinski definition) is 1. The van der Waals surface area contributed by atoms with E-state index in [4.69, 9.17) is 4.74 Å². The molecule has 0 amide bonds. The number of nitrogens with zero attached hydrogens (tertiary/aromatic N) is 2. The van der Waals surface area contributed by atoms with Gasteiger partial charge >= 0.3 is 0 Å². The number of carbonyl (C=O) groups excluding carboxylic acids is 1. The van der Waals surface area contributed by atoms with Crippen LogP contribution in [0.4, 0.5) is 0 Å². The monoisotopic (exact) mass is 315 g/mol. The fraction of sp³-hybridized carbons (Fsp3) is 0.667. The van der Waals surface area contributed by atoms with Gasteiger partial charge in [0, 0.05) is 20.7 Å². The minimum Gasteiger partial charge on any atom is -0.380 e. The highest BCUT2D eigenvalue weighted by Gasteiger charge is 2.30. The summed E-state index contributed by atoms with van der Waals surface area (Å²) >= 11 is 3.48. The Hall–Kier alpha value is -0.720. The predicted molar refractivity (Wildman–Crippen MR) is 71.6 cm³/mol. The third kappa shape index (κ3) is 2.65. The Labute approximate surface area is 115 Å². The van der Waals surface area contributed by atoms with Crippen molar-refractivity contribution in [2.75, 3.05) is 13.7 Å². The fourth-order valence-corrected chi connectivity index (χ4v) is 2.76. The first kappa shape index (κ1) is 13.7. The topological polar surface area (TPSA) is 56.1 Å². The highest BCUT2D eigenvalue weighted by atomic mass is 79.9. The third-order valence-corrected chi connectivity index (χ3v) is 4.45. The van der Waals surface area contributed by atoms with Crippen molar-refractivity contribution in [3.8, 4) is 0 Å². The van der Waals surface area contributed by atoms with Crippen molar-refractivity contribution < 1.29 is 9.53 Å². The third-order valence-electron chi connectivity index (χ3n) is 3.42. The number of ketones is 1. The van der Waals surface area contributed by atoms with E-state index in [-0.39, 0.29) is 17.9 Å². The van der Waals surface area contributed by atoms with E-state index in [1.807, 2.05) is 14.0 Å². The van der Waals surface area contributed by atoms with Crippen LogP contribution >= 0.6 is 15.9 Å². The Bertz CT molecular complexity index is 458. The standard InChI is InChI=1S/C12H18BrN3O2/c1-7-12(13)10(16(2)15-7)5-11(17)9-4-8(18-3)6-14-9/h8-9,14H,4-6H2,1-3H3. The maximum atomic E-state index is 12.2. The second-order valence-corrected chi connectivity index (χ2v) is 5.46. The van der Waals surface area contributed by atoms with Gasteiger partial charge in [-0.15, -0.1) is 0 Å². The Morgan fingerprint density at radius 2 is 2.39 bits per heavy atom. The van der Waals surface area contributed by atoms with Gasteiger partial charge in [-0.05, 0) is 29.3 Å². The maximum Gasteiger partial charge on any atom is 0.155 e. The molecule has 0 radical (unpaired) electrons. The van der Waals surface area contributed by atoms with Crippen molar-refractivity contribution in [1.29, 1.82) is 0 Å². The highest BCUT2D eigenvalue weighted by Crippen LogP contribution is 2.22. The van der Waals surface area contributed by atoms with Gasteiger partial charge in [0.15, 0.2) is 5.78 Å². The quantitative estimate of drug-likeness (QED) is 0.900. The molecule has 1 N–H and O–H groups in total. The minimum absolute atomic E-state index is 0.0999. The lowest BCUT2D eigenvalue weighted by atomic mass is 10.1. The minimum atomic E-state index is -0.0999. The number of ether oxygens (including phenoxy) is 1. The molecule has 0 aliphatic carbocycles. The summed E-state index contributed by atoms with van der Waals surface area (Å²) < 4.78 is 7.95. The van der Waals surface area contributed by atoms with Crippen LogP contribution in [0.1, 0.15) is 17.8 Å². The Balaban J connectivity index is 2.03. The number of nitrogens with one attached hydrogen (secondary N) is 1. The second-order valence-electron chi connectivity index (χ2n) is 4.67. The SMILES string of the molecule is COC1CNC(C(=O)Cc2c(Br)c(C)nn2C)C1. The lowest BCUT2D eigenvalue weighted by molar-refractivity contribution is -0.120. The molecule has 1 aliphatic heterocycles. The van der Waals surface area contributed by atoms with Gasteiger partial charge in [-0.1, -0.05) is 0 Å². The van der Waals surface area contributed by atoms with Crippen LogP contribution in [0.2, 0.25) is 0 Å². The molecule has 100 valence electrons. The van der Waals surface area contributed by atoms with Gasteiger partial charge in [0.2, 0.25) is 0 Å². The highest BCUT2D eigenvalue weighted by molar-refractivity contribution is 9.10. The van der Waals surface area contributed by atoms with E-state index in [0.717, 1.165) is 28.8 Å². The van der Waals surface area contributed by atoms with Crippen LogP contribution < -0.4 is 5.32 Å². The molecule has 0 bridgehead atoms. The fourth-order valence-electron chi connectivity index (χ4n) is 2.29. The maximum absolute atomic E-state index is 12.2. The normalized spacial score (nSPS) is 23.6. The average molecular weight is 316 g/mol. The molecule has 1 aromatic heterocycles. The molecule has 6 heteroatoms. The van der Waals surface area contributed by atoms with Crippen LogP contribution in [-0.2, 0) is 23.0 Å². The van der Waals surface area contributed by atoms with Crippen molar-refractivity contribution in [3.05, 3.63) is 15.9 Å². The average Bonchev–Trinajstić information content (AvgIpc) is 2.90. The zero-order valence-corrected chi connectivity index (χ0v) is 12.5. The van der Waals surface area contributed by atoms with Crippen molar-refractivity contribution >= 4 is 21.7 Å². The van der Waals surface area contributed by atoms with Crippen molar-refractivity contribution in [1.82, 2.24) is 15.1 Å². The van der Waals surface area contributed by atoms with Crippen LogP contribution in [0.15, 0.2) is 4.47 Å².